The molecule has 3 N–H and O–H groups in total. The molecule has 1 fully saturated rings. The highest BCUT2D eigenvalue weighted by atomic mass is 19.1. The topological polar surface area (TPSA) is 128 Å². The summed E-state index contributed by atoms with van der Waals surface area (Å²) >= 11 is 0. The molecule has 10 nitrogen and oxygen atoms in total. The number of halogens is 1. The number of rotatable bonds is 9. The summed E-state index contributed by atoms with van der Waals surface area (Å²) in [4.78, 5) is 30.5. The van der Waals surface area contributed by atoms with Gasteiger partial charge in [0.25, 0.3) is 0 Å². The van der Waals surface area contributed by atoms with Crippen LogP contribution in [-0.2, 0) is 29.1 Å². The van der Waals surface area contributed by atoms with Gasteiger partial charge < -0.3 is 20.1 Å². The van der Waals surface area contributed by atoms with Crippen molar-refractivity contribution in [3.8, 4) is 0 Å². The van der Waals surface area contributed by atoms with E-state index in [-0.39, 0.29) is 5.82 Å². The fourth-order valence-corrected chi connectivity index (χ4v) is 4.64. The average molecular weight is 523 g/mol. The third kappa shape index (κ3) is 7.46. The van der Waals surface area contributed by atoms with Crippen LogP contribution in [-0.4, -0.2) is 84.9 Å². The van der Waals surface area contributed by atoms with Crippen molar-refractivity contribution in [1.29, 1.82) is 0 Å². The number of benzene rings is 2. The zero-order chi connectivity index (χ0) is 27.1. The van der Waals surface area contributed by atoms with Crippen molar-refractivity contribution in [2.75, 3.05) is 33.2 Å². The van der Waals surface area contributed by atoms with Gasteiger partial charge >= 0.3 is 11.9 Å². The first-order valence-electron chi connectivity index (χ1n) is 12.3. The van der Waals surface area contributed by atoms with Gasteiger partial charge in [0.05, 0.1) is 6.54 Å². The van der Waals surface area contributed by atoms with Crippen molar-refractivity contribution in [2.24, 2.45) is 5.92 Å². The molecule has 2 aromatic heterocycles. The monoisotopic (exact) mass is 522 g/mol. The number of carboxylic acid groups (broad SMARTS) is 2. The number of aliphatic carboxylic acids is 2. The van der Waals surface area contributed by atoms with Crippen molar-refractivity contribution in [1.82, 2.24) is 29.5 Å². The van der Waals surface area contributed by atoms with Gasteiger partial charge in [0.1, 0.15) is 18.5 Å². The zero-order valence-electron chi connectivity index (χ0n) is 21.1. The minimum atomic E-state index is -1.82. The van der Waals surface area contributed by atoms with Gasteiger partial charge in [-0.3, -0.25) is 4.90 Å². The average Bonchev–Trinajstić information content (AvgIpc) is 3.52. The van der Waals surface area contributed by atoms with Gasteiger partial charge in [-0.15, -0.1) is 0 Å². The summed E-state index contributed by atoms with van der Waals surface area (Å²) in [7, 11) is 2.22. The van der Waals surface area contributed by atoms with Crippen LogP contribution in [0.5, 0.6) is 0 Å². The van der Waals surface area contributed by atoms with Crippen LogP contribution in [0.15, 0.2) is 61.3 Å². The summed E-state index contributed by atoms with van der Waals surface area (Å²) in [5.74, 6) is -3.11. The number of hydrogen-bond donors (Lipinski definition) is 3. The van der Waals surface area contributed by atoms with Crippen LogP contribution in [0, 0.1) is 11.7 Å². The number of nitrogens with zero attached hydrogens (tertiary/aromatic N) is 5. The Bertz CT molecular complexity index is 1340. The molecule has 0 radical (unpaired) electrons. The van der Waals surface area contributed by atoms with Crippen molar-refractivity contribution in [3.63, 3.8) is 0 Å². The number of hydrogen-bond acceptors (Lipinski definition) is 6. The second kappa shape index (κ2) is 12.4. The molecule has 2 aromatic carbocycles. The van der Waals surface area contributed by atoms with Gasteiger partial charge in [0, 0.05) is 49.8 Å². The van der Waals surface area contributed by atoms with Crippen LogP contribution in [0.4, 0.5) is 4.39 Å². The SMILES string of the molecule is CN(CCc1c[nH]c2ccc(Cn3cncn3)cc12)CC1CN(Cc2ccc(F)cc2)C1.O=C(O)C(=O)O. The lowest BCUT2D eigenvalue weighted by Gasteiger charge is -2.41. The van der Waals surface area contributed by atoms with Crippen molar-refractivity contribution in [2.45, 2.75) is 19.5 Å². The van der Waals surface area contributed by atoms with Crippen LogP contribution in [0.1, 0.15) is 16.7 Å². The van der Waals surface area contributed by atoms with Crippen LogP contribution in [0.25, 0.3) is 10.9 Å². The molecule has 0 unspecified atom stereocenters. The molecule has 1 aliphatic rings. The largest absolute Gasteiger partial charge is 0.473 e. The molecular weight excluding hydrogens is 491 g/mol. The summed E-state index contributed by atoms with van der Waals surface area (Å²) in [5.41, 5.74) is 4.95. The predicted molar refractivity (Wildman–Crippen MR) is 139 cm³/mol. The Kier molecular flexibility index (Phi) is 8.82. The number of H-pyrrole nitrogens is 1. The molecule has 0 amide bonds. The van der Waals surface area contributed by atoms with E-state index in [1.54, 1.807) is 24.8 Å². The van der Waals surface area contributed by atoms with E-state index in [9.17, 15) is 4.39 Å². The molecule has 5 rings (SSSR count). The lowest BCUT2D eigenvalue weighted by Crippen LogP contribution is -2.50. The van der Waals surface area contributed by atoms with E-state index in [1.165, 1.54) is 27.6 Å². The van der Waals surface area contributed by atoms with Crippen LogP contribution in [0.3, 0.4) is 0 Å². The Morgan fingerprint density at radius 3 is 2.45 bits per heavy atom. The Morgan fingerprint density at radius 2 is 1.79 bits per heavy atom. The maximum atomic E-state index is 13.1. The quantitative estimate of drug-likeness (QED) is 0.286. The predicted octanol–water partition coefficient (Wildman–Crippen LogP) is 2.71. The summed E-state index contributed by atoms with van der Waals surface area (Å²) in [5, 5.41) is 20.3. The number of likely N-dealkylation sites (N-methyl/N-ethyl adjacent to an activating group) is 1. The lowest BCUT2D eigenvalue weighted by atomic mass is 9.98. The van der Waals surface area contributed by atoms with Crippen molar-refractivity contribution < 1.29 is 24.2 Å². The number of aromatic amines is 1. The Balaban J connectivity index is 0.000000505. The van der Waals surface area contributed by atoms with Gasteiger partial charge in [0.15, 0.2) is 0 Å². The molecule has 0 spiro atoms. The standard InChI is InChI=1S/C25H29FN6.C2H2O4/c1-30(12-21-14-31(15-21)13-19-2-5-23(26)6-3-19)9-8-22-11-28-25-7-4-20(10-24(22)25)16-32-18-27-17-29-32;3-1(4)2(5)6/h2-7,10-11,17-18,21,28H,8-9,12-16H2,1H3;(H,3,4)(H,5,6). The molecule has 0 bridgehead atoms. The molecule has 3 heterocycles. The maximum Gasteiger partial charge on any atom is 0.414 e. The first-order chi connectivity index (χ1) is 18.3. The maximum absolute atomic E-state index is 13.1. The Hall–Kier alpha value is -4.09. The van der Waals surface area contributed by atoms with Crippen LogP contribution in [0.2, 0.25) is 0 Å². The number of aromatic nitrogens is 4. The fourth-order valence-electron chi connectivity index (χ4n) is 4.64. The van der Waals surface area contributed by atoms with Crippen molar-refractivity contribution >= 4 is 22.8 Å². The van der Waals surface area contributed by atoms with E-state index < -0.39 is 11.9 Å². The van der Waals surface area contributed by atoms with Gasteiger partial charge in [0.2, 0.25) is 0 Å². The van der Waals surface area contributed by atoms with Gasteiger partial charge in [-0.2, -0.15) is 5.10 Å². The highest BCUT2D eigenvalue weighted by Crippen LogP contribution is 2.22. The van der Waals surface area contributed by atoms with E-state index in [4.69, 9.17) is 19.8 Å². The number of likely N-dealkylation sites (tertiary alicyclic amines) is 1. The fraction of sp³-hybridized carbons (Fsp3) is 0.333. The molecule has 4 aromatic rings. The van der Waals surface area contributed by atoms with Gasteiger partial charge in [-0.05, 0) is 60.3 Å². The number of nitrogens with one attached hydrogen (secondary N) is 1. The molecule has 38 heavy (non-hydrogen) atoms. The van der Waals surface area contributed by atoms with E-state index in [0.717, 1.165) is 45.7 Å². The highest BCUT2D eigenvalue weighted by Gasteiger charge is 2.27. The second-order valence-electron chi connectivity index (χ2n) is 9.60. The van der Waals surface area contributed by atoms with E-state index in [2.05, 4.69) is 56.3 Å². The highest BCUT2D eigenvalue weighted by molar-refractivity contribution is 6.27. The molecule has 0 atom stereocenters. The second-order valence-corrected chi connectivity index (χ2v) is 9.60. The Labute approximate surface area is 219 Å². The van der Waals surface area contributed by atoms with E-state index >= 15 is 0 Å². The van der Waals surface area contributed by atoms with Gasteiger partial charge in [-0.1, -0.05) is 18.2 Å². The van der Waals surface area contributed by atoms with Gasteiger partial charge in [-0.25, -0.2) is 23.6 Å². The zero-order valence-corrected chi connectivity index (χ0v) is 21.1. The summed E-state index contributed by atoms with van der Waals surface area (Å²) < 4.78 is 14.9. The summed E-state index contributed by atoms with van der Waals surface area (Å²) in [6, 6.07) is 13.4. The molecule has 1 saturated heterocycles. The lowest BCUT2D eigenvalue weighted by molar-refractivity contribution is -0.159. The minimum Gasteiger partial charge on any atom is -0.473 e. The van der Waals surface area contributed by atoms with Crippen LogP contribution >= 0.6 is 0 Å². The first-order valence-corrected chi connectivity index (χ1v) is 12.3. The number of carbonyl (C=O) groups is 2. The molecule has 200 valence electrons. The van der Waals surface area contributed by atoms with E-state index in [1.807, 2.05) is 16.8 Å². The van der Waals surface area contributed by atoms with E-state index in [0.29, 0.717) is 5.92 Å². The molecule has 11 heteroatoms. The third-order valence-electron chi connectivity index (χ3n) is 6.51. The smallest absolute Gasteiger partial charge is 0.414 e. The normalized spacial score (nSPS) is 13.8. The molecule has 0 aliphatic carbocycles. The number of carboxylic acids is 2. The third-order valence-corrected chi connectivity index (χ3v) is 6.51. The molecule has 0 saturated carbocycles. The molecular formula is C27H31FN6O4. The minimum absolute atomic E-state index is 0.168. The van der Waals surface area contributed by atoms with Crippen LogP contribution < -0.4 is 0 Å². The number of fused-ring (bicyclic) bond motifs is 1. The first kappa shape index (κ1) is 27.0. The van der Waals surface area contributed by atoms with Crippen molar-refractivity contribution in [3.05, 3.63) is 83.8 Å². The summed E-state index contributed by atoms with van der Waals surface area (Å²) in [6.45, 7) is 6.01. The Morgan fingerprint density at radius 1 is 1.08 bits per heavy atom. The molecule has 1 aliphatic heterocycles. The summed E-state index contributed by atoms with van der Waals surface area (Å²) in [6.07, 6.45) is 6.49.